The summed E-state index contributed by atoms with van der Waals surface area (Å²) in [6.45, 7) is 4.68. The van der Waals surface area contributed by atoms with Crippen molar-refractivity contribution in [2.45, 2.75) is 26.7 Å². The van der Waals surface area contributed by atoms with Crippen LogP contribution in [-0.2, 0) is 0 Å². The van der Waals surface area contributed by atoms with Crippen LogP contribution in [0.2, 0.25) is 0 Å². The number of ether oxygens (including phenoxy) is 1. The van der Waals surface area contributed by atoms with E-state index in [4.69, 9.17) is 4.74 Å². The average Bonchev–Trinajstić information content (AvgIpc) is 3.17. The first-order chi connectivity index (χ1) is 15.0. The highest BCUT2D eigenvalue weighted by atomic mass is 19.1. The van der Waals surface area contributed by atoms with E-state index >= 15 is 0 Å². The highest BCUT2D eigenvalue weighted by molar-refractivity contribution is 6.05. The Morgan fingerprint density at radius 3 is 2.39 bits per heavy atom. The first kappa shape index (κ1) is 20.5. The molecule has 4 aromatic rings. The van der Waals surface area contributed by atoms with E-state index in [1.54, 1.807) is 42.5 Å². The Hall–Kier alpha value is -3.74. The minimum absolute atomic E-state index is 0.214. The number of carbonyl (C=O) groups excluding carboxylic acids is 1. The Bertz CT molecular complexity index is 1200. The Balaban J connectivity index is 1.51. The molecule has 7 heteroatoms. The van der Waals surface area contributed by atoms with E-state index in [-0.39, 0.29) is 11.7 Å². The molecule has 0 aliphatic rings. The molecule has 0 fully saturated rings. The highest BCUT2D eigenvalue weighted by Crippen LogP contribution is 2.23. The summed E-state index contributed by atoms with van der Waals surface area (Å²) in [5, 5.41) is 11.8. The lowest BCUT2D eigenvalue weighted by molar-refractivity contribution is 0.102. The van der Waals surface area contributed by atoms with Gasteiger partial charge < -0.3 is 10.1 Å². The molecule has 1 amide bonds. The molecule has 0 aliphatic heterocycles. The van der Waals surface area contributed by atoms with Crippen LogP contribution in [0, 0.1) is 12.7 Å². The minimum Gasteiger partial charge on any atom is -0.494 e. The zero-order chi connectivity index (χ0) is 21.8. The van der Waals surface area contributed by atoms with Gasteiger partial charge in [0.15, 0.2) is 0 Å². The van der Waals surface area contributed by atoms with Crippen molar-refractivity contribution in [1.29, 1.82) is 0 Å². The molecule has 1 heterocycles. The second-order valence-corrected chi connectivity index (χ2v) is 7.30. The van der Waals surface area contributed by atoms with E-state index < -0.39 is 0 Å². The minimum atomic E-state index is -0.318. The summed E-state index contributed by atoms with van der Waals surface area (Å²) in [5.41, 5.74) is 4.04. The molecule has 3 aromatic carbocycles. The van der Waals surface area contributed by atoms with Crippen molar-refractivity contribution in [3.05, 3.63) is 77.6 Å². The molecule has 1 aromatic heterocycles. The molecule has 0 spiro atoms. The quantitative estimate of drug-likeness (QED) is 0.414. The summed E-state index contributed by atoms with van der Waals surface area (Å²) in [5.74, 6) is 0.218. The highest BCUT2D eigenvalue weighted by Gasteiger charge is 2.12. The number of halogens is 1. The number of rotatable bonds is 7. The average molecular weight is 418 g/mol. The maximum atomic E-state index is 13.2. The van der Waals surface area contributed by atoms with Crippen molar-refractivity contribution in [3.63, 3.8) is 0 Å². The van der Waals surface area contributed by atoms with Crippen molar-refractivity contribution in [3.8, 4) is 11.4 Å². The maximum absolute atomic E-state index is 13.2. The molecule has 158 valence electrons. The Morgan fingerprint density at radius 1 is 1.03 bits per heavy atom. The molecule has 4 rings (SSSR count). The third-order valence-electron chi connectivity index (χ3n) is 4.92. The Morgan fingerprint density at radius 2 is 1.71 bits per heavy atom. The van der Waals surface area contributed by atoms with Crippen LogP contribution in [-0.4, -0.2) is 27.5 Å². The number of aromatic nitrogens is 3. The summed E-state index contributed by atoms with van der Waals surface area (Å²) in [4.78, 5) is 14.2. The number of amides is 1. The van der Waals surface area contributed by atoms with E-state index in [2.05, 4.69) is 22.4 Å². The van der Waals surface area contributed by atoms with E-state index in [9.17, 15) is 9.18 Å². The van der Waals surface area contributed by atoms with Crippen molar-refractivity contribution in [1.82, 2.24) is 15.0 Å². The number of unbranched alkanes of at least 4 members (excludes halogenated alkanes) is 1. The van der Waals surface area contributed by atoms with Gasteiger partial charge >= 0.3 is 0 Å². The van der Waals surface area contributed by atoms with E-state index in [0.717, 1.165) is 24.2 Å². The van der Waals surface area contributed by atoms with Crippen LogP contribution < -0.4 is 10.1 Å². The van der Waals surface area contributed by atoms with E-state index in [1.165, 1.54) is 16.9 Å². The first-order valence-electron chi connectivity index (χ1n) is 10.2. The summed E-state index contributed by atoms with van der Waals surface area (Å²) < 4.78 is 18.8. The zero-order valence-corrected chi connectivity index (χ0v) is 17.4. The van der Waals surface area contributed by atoms with Crippen molar-refractivity contribution in [2.75, 3.05) is 11.9 Å². The van der Waals surface area contributed by atoms with Crippen LogP contribution in [0.5, 0.6) is 5.75 Å². The van der Waals surface area contributed by atoms with Crippen molar-refractivity contribution in [2.24, 2.45) is 0 Å². The third kappa shape index (κ3) is 4.71. The van der Waals surface area contributed by atoms with Crippen LogP contribution in [0.3, 0.4) is 0 Å². The molecular formula is C24H23FN4O2. The molecule has 0 radical (unpaired) electrons. The fourth-order valence-electron chi connectivity index (χ4n) is 3.12. The van der Waals surface area contributed by atoms with E-state index in [0.29, 0.717) is 34.6 Å². The van der Waals surface area contributed by atoms with Gasteiger partial charge in [0, 0.05) is 11.3 Å². The standard InChI is InChI=1S/C24H23FN4O2/c1-3-4-13-31-20-11-5-17(6-12-20)24(30)26-21-15-23-22(14-16(21)2)27-29(28-23)19-9-7-18(25)8-10-19/h5-12,14-15H,3-4,13H2,1-2H3,(H,26,30). The number of anilines is 1. The maximum Gasteiger partial charge on any atom is 0.255 e. The molecular weight excluding hydrogens is 395 g/mol. The summed E-state index contributed by atoms with van der Waals surface area (Å²) in [6, 6.07) is 16.7. The molecule has 0 bridgehead atoms. The molecule has 1 N–H and O–H groups in total. The lowest BCUT2D eigenvalue weighted by Crippen LogP contribution is -2.12. The molecule has 0 saturated carbocycles. The van der Waals surface area contributed by atoms with Gasteiger partial charge in [-0.25, -0.2) is 4.39 Å². The Kier molecular flexibility index (Phi) is 5.93. The number of nitrogens with one attached hydrogen (secondary N) is 1. The summed E-state index contributed by atoms with van der Waals surface area (Å²) >= 11 is 0. The second-order valence-electron chi connectivity index (χ2n) is 7.30. The number of carbonyl (C=O) groups is 1. The molecule has 0 atom stereocenters. The molecule has 31 heavy (non-hydrogen) atoms. The second kappa shape index (κ2) is 8.95. The summed E-state index contributed by atoms with van der Waals surface area (Å²) in [6.07, 6.45) is 2.07. The topological polar surface area (TPSA) is 69.0 Å². The molecule has 0 saturated heterocycles. The smallest absolute Gasteiger partial charge is 0.255 e. The lowest BCUT2D eigenvalue weighted by atomic mass is 10.1. The van der Waals surface area contributed by atoms with Crippen molar-refractivity contribution >= 4 is 22.6 Å². The van der Waals surface area contributed by atoms with Crippen LogP contribution >= 0.6 is 0 Å². The Labute approximate surface area is 179 Å². The fraction of sp³-hybridized carbons (Fsp3) is 0.208. The number of benzene rings is 3. The molecule has 6 nitrogen and oxygen atoms in total. The largest absolute Gasteiger partial charge is 0.494 e. The number of fused-ring (bicyclic) bond motifs is 1. The predicted molar refractivity (Wildman–Crippen MR) is 118 cm³/mol. The predicted octanol–water partition coefficient (Wildman–Crippen LogP) is 5.30. The van der Waals surface area contributed by atoms with Crippen LogP contribution in [0.1, 0.15) is 35.7 Å². The van der Waals surface area contributed by atoms with Crippen LogP contribution in [0.25, 0.3) is 16.7 Å². The molecule has 0 unspecified atom stereocenters. The van der Waals surface area contributed by atoms with Gasteiger partial charge in [-0.15, -0.1) is 10.2 Å². The fourth-order valence-corrected chi connectivity index (χ4v) is 3.12. The number of hydrogen-bond donors (Lipinski definition) is 1. The van der Waals surface area contributed by atoms with Gasteiger partial charge in [0.05, 0.1) is 12.3 Å². The third-order valence-corrected chi connectivity index (χ3v) is 4.92. The number of aryl methyl sites for hydroxylation is 1. The van der Waals surface area contributed by atoms with Gasteiger partial charge in [0.1, 0.15) is 22.6 Å². The van der Waals surface area contributed by atoms with Crippen molar-refractivity contribution < 1.29 is 13.9 Å². The molecule has 0 aliphatic carbocycles. The zero-order valence-electron chi connectivity index (χ0n) is 17.4. The van der Waals surface area contributed by atoms with Gasteiger partial charge in [-0.1, -0.05) is 13.3 Å². The van der Waals surface area contributed by atoms with Gasteiger partial charge in [0.2, 0.25) is 0 Å². The van der Waals surface area contributed by atoms with Gasteiger partial charge in [-0.05, 0) is 79.6 Å². The number of nitrogens with zero attached hydrogens (tertiary/aromatic N) is 3. The van der Waals surface area contributed by atoms with Gasteiger partial charge in [-0.3, -0.25) is 4.79 Å². The van der Waals surface area contributed by atoms with Gasteiger partial charge in [-0.2, -0.15) is 4.80 Å². The van der Waals surface area contributed by atoms with Gasteiger partial charge in [0.25, 0.3) is 5.91 Å². The monoisotopic (exact) mass is 418 g/mol. The number of hydrogen-bond acceptors (Lipinski definition) is 4. The normalized spacial score (nSPS) is 10.9. The first-order valence-corrected chi connectivity index (χ1v) is 10.2. The van der Waals surface area contributed by atoms with Crippen LogP contribution in [0.4, 0.5) is 10.1 Å². The SMILES string of the molecule is CCCCOc1ccc(C(=O)Nc2cc3nn(-c4ccc(F)cc4)nc3cc2C)cc1. The van der Waals surface area contributed by atoms with Crippen LogP contribution in [0.15, 0.2) is 60.7 Å². The summed E-state index contributed by atoms with van der Waals surface area (Å²) in [7, 11) is 0. The van der Waals surface area contributed by atoms with E-state index in [1.807, 2.05) is 13.0 Å². The lowest BCUT2D eigenvalue weighted by Gasteiger charge is -2.09.